The van der Waals surface area contributed by atoms with Crippen molar-refractivity contribution < 1.29 is 22.8 Å². The van der Waals surface area contributed by atoms with Crippen molar-refractivity contribution in [2.75, 3.05) is 0 Å². The third-order valence-electron chi connectivity index (χ3n) is 1.46. The number of hydrogen-bond acceptors (Lipinski definition) is 2. The van der Waals surface area contributed by atoms with Crippen LogP contribution in [0.3, 0.4) is 0 Å². The first-order valence-electron chi connectivity index (χ1n) is 2.82. The Balaban J connectivity index is 3.16. The highest BCUT2D eigenvalue weighted by Gasteiger charge is 2.64. The minimum atomic E-state index is -5.04. The van der Waals surface area contributed by atoms with Gasteiger partial charge in [0.25, 0.3) is 4.87 Å². The Morgan fingerprint density at radius 2 is 1.50 bits per heavy atom. The van der Waals surface area contributed by atoms with E-state index in [4.69, 9.17) is 11.6 Å². The predicted octanol–water partition coefficient (Wildman–Crippen LogP) is 1.23. The maximum atomic E-state index is 12.0. The SMILES string of the molecule is O=C1C=CC(=O)C1(Cl)C(F)(F)F. The molecule has 6 heteroatoms. The minimum Gasteiger partial charge on any atom is -0.292 e. The Kier molecular flexibility index (Phi) is 1.79. The lowest BCUT2D eigenvalue weighted by Gasteiger charge is -2.20. The minimum absolute atomic E-state index is 0.531. The van der Waals surface area contributed by atoms with Crippen molar-refractivity contribution in [3.63, 3.8) is 0 Å². The van der Waals surface area contributed by atoms with Gasteiger partial charge in [-0.25, -0.2) is 0 Å². The van der Waals surface area contributed by atoms with E-state index in [1.807, 2.05) is 0 Å². The van der Waals surface area contributed by atoms with E-state index in [9.17, 15) is 22.8 Å². The van der Waals surface area contributed by atoms with Gasteiger partial charge in [0.1, 0.15) is 0 Å². The van der Waals surface area contributed by atoms with Gasteiger partial charge in [0, 0.05) is 0 Å². The van der Waals surface area contributed by atoms with E-state index in [2.05, 4.69) is 0 Å². The summed E-state index contributed by atoms with van der Waals surface area (Å²) < 4.78 is 36.1. The van der Waals surface area contributed by atoms with Gasteiger partial charge in [0.15, 0.2) is 11.6 Å². The zero-order chi connectivity index (χ0) is 9.57. The topological polar surface area (TPSA) is 34.1 Å². The molecule has 0 spiro atoms. The first-order valence-corrected chi connectivity index (χ1v) is 3.20. The molecule has 0 aromatic heterocycles. The molecule has 12 heavy (non-hydrogen) atoms. The highest BCUT2D eigenvalue weighted by atomic mass is 35.5. The van der Waals surface area contributed by atoms with Crippen LogP contribution in [0.2, 0.25) is 0 Å². The molecule has 1 rings (SSSR count). The van der Waals surface area contributed by atoms with Crippen molar-refractivity contribution in [1.82, 2.24) is 0 Å². The lowest BCUT2D eigenvalue weighted by atomic mass is 10.0. The van der Waals surface area contributed by atoms with Crippen LogP contribution in [-0.4, -0.2) is 22.6 Å². The largest absolute Gasteiger partial charge is 0.422 e. The Morgan fingerprint density at radius 3 is 1.67 bits per heavy atom. The van der Waals surface area contributed by atoms with Gasteiger partial charge in [-0.05, 0) is 12.2 Å². The fourth-order valence-electron chi connectivity index (χ4n) is 0.782. The number of carbonyl (C=O) groups excluding carboxylic acids is 2. The van der Waals surface area contributed by atoms with E-state index < -0.39 is 22.6 Å². The van der Waals surface area contributed by atoms with Crippen molar-refractivity contribution in [2.24, 2.45) is 0 Å². The molecule has 0 atom stereocenters. The maximum Gasteiger partial charge on any atom is 0.422 e. The Morgan fingerprint density at radius 1 is 1.17 bits per heavy atom. The van der Waals surface area contributed by atoms with Crippen molar-refractivity contribution >= 4 is 23.2 Å². The van der Waals surface area contributed by atoms with E-state index in [-0.39, 0.29) is 0 Å². The van der Waals surface area contributed by atoms with E-state index >= 15 is 0 Å². The summed E-state index contributed by atoms with van der Waals surface area (Å²) in [6.45, 7) is 0. The lowest BCUT2D eigenvalue weighted by Crippen LogP contribution is -2.49. The molecule has 0 fully saturated rings. The Hall–Kier alpha value is -0.840. The molecule has 66 valence electrons. The lowest BCUT2D eigenvalue weighted by molar-refractivity contribution is -0.171. The Bertz CT molecular complexity index is 261. The zero-order valence-corrected chi connectivity index (χ0v) is 6.24. The molecule has 0 aliphatic heterocycles. The fourth-order valence-corrected chi connectivity index (χ4v) is 0.908. The summed E-state index contributed by atoms with van der Waals surface area (Å²) in [6, 6.07) is 0. The second kappa shape index (κ2) is 2.32. The third-order valence-corrected chi connectivity index (χ3v) is 2.04. The van der Waals surface area contributed by atoms with Crippen LogP contribution in [-0.2, 0) is 9.59 Å². The smallest absolute Gasteiger partial charge is 0.292 e. The monoisotopic (exact) mass is 198 g/mol. The van der Waals surface area contributed by atoms with Crippen LogP contribution in [0.5, 0.6) is 0 Å². The van der Waals surface area contributed by atoms with Crippen molar-refractivity contribution in [1.29, 1.82) is 0 Å². The first kappa shape index (κ1) is 9.25. The number of alkyl halides is 4. The number of allylic oxidation sites excluding steroid dienone is 2. The van der Waals surface area contributed by atoms with Gasteiger partial charge in [0.2, 0.25) is 0 Å². The fraction of sp³-hybridized carbons (Fsp3) is 0.333. The quantitative estimate of drug-likeness (QED) is 0.433. The van der Waals surface area contributed by atoms with Crippen LogP contribution < -0.4 is 0 Å². The third kappa shape index (κ3) is 0.964. The van der Waals surface area contributed by atoms with Crippen LogP contribution in [0.1, 0.15) is 0 Å². The molecule has 0 unspecified atom stereocenters. The second-order valence-corrected chi connectivity index (χ2v) is 2.79. The van der Waals surface area contributed by atoms with E-state index in [1.165, 1.54) is 0 Å². The average molecular weight is 199 g/mol. The maximum absolute atomic E-state index is 12.0. The van der Waals surface area contributed by atoms with Gasteiger partial charge in [-0.1, -0.05) is 11.6 Å². The van der Waals surface area contributed by atoms with Crippen molar-refractivity contribution in [2.45, 2.75) is 11.1 Å². The highest BCUT2D eigenvalue weighted by Crippen LogP contribution is 2.40. The molecule has 0 aromatic rings. The summed E-state index contributed by atoms with van der Waals surface area (Å²) in [5.41, 5.74) is 0. The molecule has 0 saturated carbocycles. The zero-order valence-electron chi connectivity index (χ0n) is 5.48. The Labute approximate surface area is 70.0 Å². The van der Waals surface area contributed by atoms with Crippen LogP contribution in [0.25, 0.3) is 0 Å². The normalized spacial score (nSPS) is 22.0. The van der Waals surface area contributed by atoms with Crippen molar-refractivity contribution in [3.8, 4) is 0 Å². The number of ketones is 2. The number of hydrogen-bond donors (Lipinski definition) is 0. The van der Waals surface area contributed by atoms with Gasteiger partial charge in [-0.3, -0.25) is 9.59 Å². The molecule has 0 bridgehead atoms. The summed E-state index contributed by atoms with van der Waals surface area (Å²) in [5, 5.41) is 0. The van der Waals surface area contributed by atoms with Crippen LogP contribution in [0.15, 0.2) is 12.2 Å². The highest BCUT2D eigenvalue weighted by molar-refractivity contribution is 6.53. The average Bonchev–Trinajstić information content (AvgIpc) is 2.16. The van der Waals surface area contributed by atoms with E-state index in [0.29, 0.717) is 12.2 Å². The molecule has 0 aromatic carbocycles. The van der Waals surface area contributed by atoms with Gasteiger partial charge < -0.3 is 0 Å². The summed E-state index contributed by atoms with van der Waals surface area (Å²) in [7, 11) is 0. The molecular formula is C6H2ClF3O2. The molecule has 1 aliphatic rings. The second-order valence-electron chi connectivity index (χ2n) is 2.22. The van der Waals surface area contributed by atoms with Crippen molar-refractivity contribution in [3.05, 3.63) is 12.2 Å². The number of rotatable bonds is 0. The van der Waals surface area contributed by atoms with Crippen LogP contribution in [0.4, 0.5) is 13.2 Å². The molecule has 1 aliphatic carbocycles. The van der Waals surface area contributed by atoms with E-state index in [0.717, 1.165) is 0 Å². The predicted molar refractivity (Wildman–Crippen MR) is 33.8 cm³/mol. The summed E-state index contributed by atoms with van der Waals surface area (Å²) in [4.78, 5) is 17.8. The molecule has 0 heterocycles. The molecular weight excluding hydrogens is 197 g/mol. The molecule has 0 saturated heterocycles. The van der Waals surface area contributed by atoms with E-state index in [1.54, 1.807) is 0 Å². The first-order chi connectivity index (χ1) is 5.30. The molecule has 0 amide bonds. The van der Waals surface area contributed by atoms with Crippen LogP contribution >= 0.6 is 11.6 Å². The standard InChI is InChI=1S/C6H2ClF3O2/c7-5(6(8,9)10)3(11)1-2-4(5)12/h1-2H. The number of carbonyl (C=O) groups is 2. The molecule has 0 radical (unpaired) electrons. The summed E-state index contributed by atoms with van der Waals surface area (Å²) >= 11 is 4.86. The molecule has 2 nitrogen and oxygen atoms in total. The van der Waals surface area contributed by atoms with Gasteiger partial charge in [-0.2, -0.15) is 13.2 Å². The van der Waals surface area contributed by atoms with Gasteiger partial charge in [-0.15, -0.1) is 0 Å². The summed E-state index contributed by atoms with van der Waals surface area (Å²) in [5.74, 6) is -2.86. The molecule has 0 N–H and O–H groups in total. The summed E-state index contributed by atoms with van der Waals surface area (Å²) in [6.07, 6.45) is -3.97. The van der Waals surface area contributed by atoms with Gasteiger partial charge in [0.05, 0.1) is 0 Å². The van der Waals surface area contributed by atoms with Gasteiger partial charge >= 0.3 is 6.18 Å². The number of halogens is 4. The van der Waals surface area contributed by atoms with Crippen LogP contribution in [0, 0.1) is 0 Å².